The van der Waals surface area contributed by atoms with Gasteiger partial charge >= 0.3 is 12.1 Å². The molecule has 10 heteroatoms. The van der Waals surface area contributed by atoms with Crippen LogP contribution in [0.5, 0.6) is 0 Å². The third-order valence-corrected chi connectivity index (χ3v) is 5.34. The summed E-state index contributed by atoms with van der Waals surface area (Å²) in [6, 6.07) is 6.39. The standard InChI is InChI=1S/C18H11F5N2O2S/c19-9-4-5-11(13(20)6-9)16(26)27-10-7-25(8-10)17-24-15-12(18(21,22)23)2-1-3-14(15)28-17/h1-6,10H,7-8H2. The molecule has 0 aliphatic carbocycles. The number of alkyl halides is 3. The van der Waals surface area contributed by atoms with E-state index in [1.165, 1.54) is 6.07 Å². The normalized spacial score (nSPS) is 15.0. The number of esters is 1. The molecule has 146 valence electrons. The van der Waals surface area contributed by atoms with Crippen LogP contribution in [0.3, 0.4) is 0 Å². The van der Waals surface area contributed by atoms with E-state index < -0.39 is 35.4 Å². The number of halogens is 5. The highest BCUT2D eigenvalue weighted by atomic mass is 32.1. The predicted molar refractivity (Wildman–Crippen MR) is 92.4 cm³/mol. The first-order chi connectivity index (χ1) is 13.2. The van der Waals surface area contributed by atoms with Gasteiger partial charge in [-0.2, -0.15) is 13.2 Å². The molecular weight excluding hydrogens is 403 g/mol. The highest BCUT2D eigenvalue weighted by Crippen LogP contribution is 2.39. The summed E-state index contributed by atoms with van der Waals surface area (Å²) in [5.74, 6) is -2.75. The van der Waals surface area contributed by atoms with Crippen LogP contribution in [0.1, 0.15) is 15.9 Å². The van der Waals surface area contributed by atoms with Crippen LogP contribution < -0.4 is 4.90 Å². The number of benzene rings is 2. The van der Waals surface area contributed by atoms with Crippen molar-refractivity contribution in [3.8, 4) is 0 Å². The van der Waals surface area contributed by atoms with Crippen LogP contribution >= 0.6 is 11.3 Å². The first-order valence-corrected chi connectivity index (χ1v) is 8.92. The van der Waals surface area contributed by atoms with Crippen LogP contribution in [0.4, 0.5) is 27.1 Å². The van der Waals surface area contributed by atoms with E-state index in [4.69, 9.17) is 4.74 Å². The lowest BCUT2D eigenvalue weighted by Gasteiger charge is -2.38. The van der Waals surface area contributed by atoms with Crippen molar-refractivity contribution in [2.45, 2.75) is 12.3 Å². The fourth-order valence-electron chi connectivity index (χ4n) is 2.84. The van der Waals surface area contributed by atoms with Gasteiger partial charge in [0.05, 0.1) is 34.4 Å². The van der Waals surface area contributed by atoms with Gasteiger partial charge in [-0.15, -0.1) is 0 Å². The van der Waals surface area contributed by atoms with Gasteiger partial charge in [0.2, 0.25) is 0 Å². The van der Waals surface area contributed by atoms with Crippen LogP contribution in [-0.4, -0.2) is 30.1 Å². The van der Waals surface area contributed by atoms with Crippen molar-refractivity contribution in [2.24, 2.45) is 0 Å². The molecule has 4 nitrogen and oxygen atoms in total. The molecule has 4 rings (SSSR count). The second-order valence-electron chi connectivity index (χ2n) is 6.20. The molecule has 1 fully saturated rings. The highest BCUT2D eigenvalue weighted by Gasteiger charge is 2.36. The van der Waals surface area contributed by atoms with Gasteiger partial charge in [0.15, 0.2) is 5.13 Å². The number of fused-ring (bicyclic) bond motifs is 1. The average molecular weight is 414 g/mol. The van der Waals surface area contributed by atoms with Crippen molar-refractivity contribution in [1.82, 2.24) is 4.98 Å². The molecule has 3 aromatic rings. The number of thiazole rings is 1. The number of hydrogen-bond donors (Lipinski definition) is 0. The Labute approximate surface area is 159 Å². The zero-order valence-corrected chi connectivity index (χ0v) is 14.8. The number of anilines is 1. The van der Waals surface area contributed by atoms with Crippen molar-refractivity contribution < 1.29 is 31.5 Å². The van der Waals surface area contributed by atoms with E-state index in [-0.39, 0.29) is 24.2 Å². The maximum Gasteiger partial charge on any atom is 0.418 e. The molecule has 2 heterocycles. The minimum atomic E-state index is -4.50. The molecule has 28 heavy (non-hydrogen) atoms. The van der Waals surface area contributed by atoms with Gasteiger partial charge in [0.1, 0.15) is 17.7 Å². The van der Waals surface area contributed by atoms with Gasteiger partial charge in [-0.3, -0.25) is 0 Å². The monoisotopic (exact) mass is 414 g/mol. The summed E-state index contributed by atoms with van der Waals surface area (Å²) in [5, 5.41) is 0.381. The van der Waals surface area contributed by atoms with Gasteiger partial charge < -0.3 is 9.64 Å². The summed E-state index contributed by atoms with van der Waals surface area (Å²) < 4.78 is 71.3. The van der Waals surface area contributed by atoms with Crippen molar-refractivity contribution in [2.75, 3.05) is 18.0 Å². The molecule has 2 aromatic carbocycles. The summed E-state index contributed by atoms with van der Waals surface area (Å²) >= 11 is 1.11. The Bertz CT molecular complexity index is 1060. The summed E-state index contributed by atoms with van der Waals surface area (Å²) in [4.78, 5) is 17.7. The SMILES string of the molecule is O=C(OC1CN(c2nc3c(C(F)(F)F)cccc3s2)C1)c1ccc(F)cc1F. The van der Waals surface area contributed by atoms with Crippen molar-refractivity contribution in [1.29, 1.82) is 0 Å². The number of aromatic nitrogens is 1. The fraction of sp³-hybridized carbons (Fsp3) is 0.222. The maximum absolute atomic E-state index is 13.6. The zero-order chi connectivity index (χ0) is 20.1. The maximum atomic E-state index is 13.6. The van der Waals surface area contributed by atoms with Crippen molar-refractivity contribution in [3.63, 3.8) is 0 Å². The Kier molecular flexibility index (Phi) is 4.45. The molecule has 0 atom stereocenters. The van der Waals surface area contributed by atoms with E-state index in [9.17, 15) is 26.7 Å². The van der Waals surface area contributed by atoms with Crippen LogP contribution in [0, 0.1) is 11.6 Å². The van der Waals surface area contributed by atoms with E-state index in [1.807, 2.05) is 0 Å². The van der Waals surface area contributed by atoms with Gasteiger partial charge in [0, 0.05) is 6.07 Å². The average Bonchev–Trinajstić information content (AvgIpc) is 2.99. The number of ether oxygens (including phenoxy) is 1. The molecular formula is C18H11F5N2O2S. The molecule has 1 saturated heterocycles. The van der Waals surface area contributed by atoms with E-state index in [2.05, 4.69) is 4.98 Å². The first-order valence-electron chi connectivity index (χ1n) is 8.10. The fourth-order valence-corrected chi connectivity index (χ4v) is 3.85. The molecule has 0 unspecified atom stereocenters. The minimum absolute atomic E-state index is 0.121. The third kappa shape index (κ3) is 3.39. The van der Waals surface area contributed by atoms with Gasteiger partial charge in [-0.05, 0) is 24.3 Å². The van der Waals surface area contributed by atoms with Crippen molar-refractivity contribution in [3.05, 3.63) is 59.2 Å². The number of hydrogen-bond acceptors (Lipinski definition) is 5. The minimum Gasteiger partial charge on any atom is -0.455 e. The Hall–Kier alpha value is -2.75. The van der Waals surface area contributed by atoms with E-state index in [0.29, 0.717) is 15.9 Å². The molecule has 0 bridgehead atoms. The van der Waals surface area contributed by atoms with Crippen LogP contribution in [0.2, 0.25) is 0 Å². The quantitative estimate of drug-likeness (QED) is 0.463. The lowest BCUT2D eigenvalue weighted by Crippen LogP contribution is -2.53. The molecule has 1 aliphatic heterocycles. The lowest BCUT2D eigenvalue weighted by atomic mass is 10.1. The number of carbonyl (C=O) groups excluding carboxylic acids is 1. The van der Waals surface area contributed by atoms with E-state index in [0.717, 1.165) is 29.5 Å². The van der Waals surface area contributed by atoms with E-state index >= 15 is 0 Å². The summed E-state index contributed by atoms with van der Waals surface area (Å²) in [6.45, 7) is 0.436. The number of para-hydroxylation sites is 1. The smallest absolute Gasteiger partial charge is 0.418 e. The summed E-state index contributed by atoms with van der Waals surface area (Å²) in [5.41, 5.74) is -1.30. The Balaban J connectivity index is 1.45. The van der Waals surface area contributed by atoms with Gasteiger partial charge in [-0.1, -0.05) is 17.4 Å². The Morgan fingerprint density at radius 2 is 1.93 bits per heavy atom. The molecule has 0 radical (unpaired) electrons. The van der Waals surface area contributed by atoms with Crippen molar-refractivity contribution >= 4 is 32.7 Å². The lowest BCUT2D eigenvalue weighted by molar-refractivity contribution is -0.136. The predicted octanol–water partition coefficient (Wildman–Crippen LogP) is 4.64. The first kappa shape index (κ1) is 18.6. The van der Waals surface area contributed by atoms with Crippen LogP contribution in [0.25, 0.3) is 10.2 Å². The zero-order valence-electron chi connectivity index (χ0n) is 14.0. The second-order valence-corrected chi connectivity index (χ2v) is 7.21. The van der Waals surface area contributed by atoms with Crippen LogP contribution in [0.15, 0.2) is 36.4 Å². The molecule has 0 amide bonds. The second kappa shape index (κ2) is 6.69. The Morgan fingerprint density at radius 1 is 1.18 bits per heavy atom. The molecule has 1 aromatic heterocycles. The summed E-state index contributed by atoms with van der Waals surface area (Å²) in [7, 11) is 0. The molecule has 0 N–H and O–H groups in total. The van der Waals surface area contributed by atoms with Gasteiger partial charge in [0.25, 0.3) is 0 Å². The molecule has 1 aliphatic rings. The summed E-state index contributed by atoms with van der Waals surface area (Å²) in [6.07, 6.45) is -5.07. The largest absolute Gasteiger partial charge is 0.455 e. The third-order valence-electron chi connectivity index (χ3n) is 4.26. The molecule has 0 spiro atoms. The van der Waals surface area contributed by atoms with Gasteiger partial charge in [-0.25, -0.2) is 18.6 Å². The topological polar surface area (TPSA) is 42.4 Å². The highest BCUT2D eigenvalue weighted by molar-refractivity contribution is 7.22. The number of nitrogens with zero attached hydrogens (tertiary/aromatic N) is 2. The Morgan fingerprint density at radius 3 is 2.61 bits per heavy atom. The number of rotatable bonds is 3. The van der Waals surface area contributed by atoms with Crippen LogP contribution in [-0.2, 0) is 10.9 Å². The molecule has 0 saturated carbocycles. The van der Waals surface area contributed by atoms with E-state index in [1.54, 1.807) is 11.0 Å². The number of carbonyl (C=O) groups is 1.